The zero-order valence-electron chi connectivity index (χ0n) is 8.40. The van der Waals surface area contributed by atoms with E-state index in [0.717, 1.165) is 5.56 Å². The fourth-order valence-corrected chi connectivity index (χ4v) is 1.77. The van der Waals surface area contributed by atoms with E-state index in [1.165, 1.54) is 0 Å². The number of epoxide rings is 1. The summed E-state index contributed by atoms with van der Waals surface area (Å²) in [5, 5.41) is 17.7. The molecule has 1 fully saturated rings. The van der Waals surface area contributed by atoms with Crippen LogP contribution in [0.3, 0.4) is 0 Å². The van der Waals surface area contributed by atoms with Crippen LogP contribution in [0.5, 0.6) is 0 Å². The van der Waals surface area contributed by atoms with Gasteiger partial charge in [0.05, 0.1) is 0 Å². The molecule has 1 heterocycles. The first-order chi connectivity index (χ1) is 7.16. The Kier molecular flexibility index (Phi) is 2.00. The van der Waals surface area contributed by atoms with Gasteiger partial charge in [-0.25, -0.2) is 0 Å². The summed E-state index contributed by atoms with van der Waals surface area (Å²) in [6.45, 7) is 1.80. The minimum atomic E-state index is -1.25. The van der Waals surface area contributed by atoms with E-state index in [4.69, 9.17) is 15.3 Å². The maximum Gasteiger partial charge on any atom is 0.271 e. The number of nitriles is 2. The maximum absolute atomic E-state index is 8.87. The van der Waals surface area contributed by atoms with E-state index in [0.29, 0.717) is 6.42 Å². The Morgan fingerprint density at radius 3 is 2.27 bits per heavy atom. The van der Waals surface area contributed by atoms with Gasteiger partial charge in [0.2, 0.25) is 0 Å². The van der Waals surface area contributed by atoms with E-state index >= 15 is 0 Å². The Hall–Kier alpha value is -1.84. The molecule has 0 aromatic heterocycles. The first kappa shape index (κ1) is 9.71. The number of benzene rings is 1. The van der Waals surface area contributed by atoms with Gasteiger partial charge in [-0.1, -0.05) is 30.3 Å². The molecule has 0 aliphatic carbocycles. The highest BCUT2D eigenvalue weighted by molar-refractivity contribution is 5.39. The van der Waals surface area contributed by atoms with E-state index in [9.17, 15) is 0 Å². The molecule has 0 bridgehead atoms. The molecule has 1 aromatic carbocycles. The molecular weight excluding hydrogens is 188 g/mol. The second-order valence-corrected chi connectivity index (χ2v) is 3.90. The third-order valence-electron chi connectivity index (χ3n) is 2.78. The molecule has 1 unspecified atom stereocenters. The van der Waals surface area contributed by atoms with Crippen LogP contribution in [0.1, 0.15) is 12.5 Å². The molecule has 3 heteroatoms. The summed E-state index contributed by atoms with van der Waals surface area (Å²) in [4.78, 5) is 0. The van der Waals surface area contributed by atoms with Crippen molar-refractivity contribution in [1.29, 1.82) is 10.5 Å². The predicted molar refractivity (Wildman–Crippen MR) is 53.6 cm³/mol. The van der Waals surface area contributed by atoms with E-state index in [2.05, 4.69) is 0 Å². The zero-order valence-corrected chi connectivity index (χ0v) is 8.40. The van der Waals surface area contributed by atoms with Crippen LogP contribution in [-0.4, -0.2) is 11.2 Å². The molecule has 1 aliphatic heterocycles. The van der Waals surface area contributed by atoms with Crippen molar-refractivity contribution in [1.82, 2.24) is 0 Å². The van der Waals surface area contributed by atoms with Crippen molar-refractivity contribution < 1.29 is 4.74 Å². The van der Waals surface area contributed by atoms with Gasteiger partial charge in [0.15, 0.2) is 0 Å². The van der Waals surface area contributed by atoms with Crippen molar-refractivity contribution >= 4 is 0 Å². The molecule has 2 rings (SSSR count). The topological polar surface area (TPSA) is 60.1 Å². The summed E-state index contributed by atoms with van der Waals surface area (Å²) >= 11 is 0. The Bertz CT molecular complexity index is 441. The maximum atomic E-state index is 8.87. The van der Waals surface area contributed by atoms with Crippen molar-refractivity contribution in [2.45, 2.75) is 24.5 Å². The van der Waals surface area contributed by atoms with Crippen LogP contribution in [0, 0.1) is 22.7 Å². The van der Waals surface area contributed by atoms with E-state index in [1.807, 2.05) is 42.5 Å². The van der Waals surface area contributed by atoms with E-state index in [1.54, 1.807) is 6.92 Å². The number of rotatable bonds is 2. The van der Waals surface area contributed by atoms with E-state index < -0.39 is 11.2 Å². The van der Waals surface area contributed by atoms with Crippen LogP contribution in [0.2, 0.25) is 0 Å². The van der Waals surface area contributed by atoms with Gasteiger partial charge in [-0.2, -0.15) is 10.5 Å². The van der Waals surface area contributed by atoms with Crippen LogP contribution in [-0.2, 0) is 11.2 Å². The van der Waals surface area contributed by atoms with Gasteiger partial charge < -0.3 is 4.74 Å². The summed E-state index contributed by atoms with van der Waals surface area (Å²) in [7, 11) is 0. The summed E-state index contributed by atoms with van der Waals surface area (Å²) in [5.41, 5.74) is -0.826. The first-order valence-corrected chi connectivity index (χ1v) is 4.72. The van der Waals surface area contributed by atoms with Crippen molar-refractivity contribution in [2.24, 2.45) is 0 Å². The SMILES string of the molecule is CC1(Cc2ccccc2)OC1(C#N)C#N. The van der Waals surface area contributed by atoms with Gasteiger partial charge in [-0.3, -0.25) is 0 Å². The van der Waals surface area contributed by atoms with Gasteiger partial charge in [-0.05, 0) is 12.5 Å². The first-order valence-electron chi connectivity index (χ1n) is 4.72. The van der Waals surface area contributed by atoms with Crippen molar-refractivity contribution in [3.63, 3.8) is 0 Å². The summed E-state index contributed by atoms with van der Waals surface area (Å²) in [5.74, 6) is 0. The lowest BCUT2D eigenvalue weighted by Crippen LogP contribution is -2.22. The van der Waals surface area contributed by atoms with E-state index in [-0.39, 0.29) is 0 Å². The molecule has 15 heavy (non-hydrogen) atoms. The smallest absolute Gasteiger partial charge is 0.271 e. The Morgan fingerprint density at radius 2 is 1.80 bits per heavy atom. The Balaban J connectivity index is 2.18. The lowest BCUT2D eigenvalue weighted by atomic mass is 9.90. The van der Waals surface area contributed by atoms with Gasteiger partial charge in [0.1, 0.15) is 17.7 Å². The Morgan fingerprint density at radius 1 is 1.20 bits per heavy atom. The molecule has 1 aliphatic rings. The predicted octanol–water partition coefficient (Wildman–Crippen LogP) is 1.80. The normalized spacial score (nSPS) is 26.3. The quantitative estimate of drug-likeness (QED) is 0.681. The average Bonchev–Trinajstić information content (AvgIpc) is 2.85. The van der Waals surface area contributed by atoms with Crippen LogP contribution in [0.4, 0.5) is 0 Å². The largest absolute Gasteiger partial charge is 0.334 e. The van der Waals surface area contributed by atoms with Crippen LogP contribution in [0.15, 0.2) is 30.3 Å². The molecule has 0 saturated carbocycles. The minimum absolute atomic E-state index is 0.592. The number of ether oxygens (including phenoxy) is 1. The highest BCUT2D eigenvalue weighted by Crippen LogP contribution is 2.49. The van der Waals surface area contributed by atoms with Crippen molar-refractivity contribution in [3.8, 4) is 12.1 Å². The second-order valence-electron chi connectivity index (χ2n) is 3.90. The molecule has 0 N–H and O–H groups in total. The van der Waals surface area contributed by atoms with Crippen LogP contribution in [0.25, 0.3) is 0 Å². The van der Waals surface area contributed by atoms with Crippen molar-refractivity contribution in [3.05, 3.63) is 35.9 Å². The Labute approximate surface area is 88.5 Å². The summed E-state index contributed by atoms with van der Waals surface area (Å²) in [6, 6.07) is 13.6. The molecule has 1 aromatic rings. The molecule has 0 amide bonds. The standard InChI is InChI=1S/C12H10N2O/c1-11(12(8-13,9-14)15-11)7-10-5-3-2-4-6-10/h2-6H,7H2,1H3. The minimum Gasteiger partial charge on any atom is -0.334 e. The van der Waals surface area contributed by atoms with Crippen LogP contribution >= 0.6 is 0 Å². The highest BCUT2D eigenvalue weighted by atomic mass is 16.6. The number of hydrogen-bond donors (Lipinski definition) is 0. The number of hydrogen-bond acceptors (Lipinski definition) is 3. The van der Waals surface area contributed by atoms with Gasteiger partial charge in [0, 0.05) is 6.42 Å². The lowest BCUT2D eigenvalue weighted by molar-refractivity contribution is 0.304. The van der Waals surface area contributed by atoms with Crippen molar-refractivity contribution in [2.75, 3.05) is 0 Å². The van der Waals surface area contributed by atoms with Crippen LogP contribution < -0.4 is 0 Å². The van der Waals surface area contributed by atoms with Gasteiger partial charge in [0.25, 0.3) is 5.60 Å². The van der Waals surface area contributed by atoms with Gasteiger partial charge >= 0.3 is 0 Å². The molecule has 1 saturated heterocycles. The molecule has 0 radical (unpaired) electrons. The molecule has 0 spiro atoms. The average molecular weight is 198 g/mol. The molecule has 3 nitrogen and oxygen atoms in total. The highest BCUT2D eigenvalue weighted by Gasteiger charge is 2.69. The van der Waals surface area contributed by atoms with Gasteiger partial charge in [-0.15, -0.1) is 0 Å². The monoisotopic (exact) mass is 198 g/mol. The lowest BCUT2D eigenvalue weighted by Gasteiger charge is -2.05. The third-order valence-corrected chi connectivity index (χ3v) is 2.78. The molecule has 1 atom stereocenters. The fourth-order valence-electron chi connectivity index (χ4n) is 1.77. The number of nitrogens with zero attached hydrogens (tertiary/aromatic N) is 2. The molecular formula is C12H10N2O. The second kappa shape index (κ2) is 3.08. The molecule has 74 valence electrons. The summed E-state index contributed by atoms with van der Waals surface area (Å²) in [6.07, 6.45) is 0.592. The zero-order chi connectivity index (χ0) is 10.9. The summed E-state index contributed by atoms with van der Waals surface area (Å²) < 4.78 is 5.27. The third kappa shape index (κ3) is 1.38. The fraction of sp³-hybridized carbons (Fsp3) is 0.333.